The molecule has 0 spiro atoms. The fourth-order valence-electron chi connectivity index (χ4n) is 1.76. The Hall–Kier alpha value is -2.76. The summed E-state index contributed by atoms with van der Waals surface area (Å²) in [6, 6.07) is 12.5. The molecule has 0 radical (unpaired) electrons. The molecule has 0 unspecified atom stereocenters. The lowest BCUT2D eigenvalue weighted by Gasteiger charge is -2.04. The molecule has 0 aliphatic heterocycles. The molecule has 0 aliphatic carbocycles. The van der Waals surface area contributed by atoms with Gasteiger partial charge in [0.25, 0.3) is 5.91 Å². The summed E-state index contributed by atoms with van der Waals surface area (Å²) < 4.78 is 10.9. The van der Waals surface area contributed by atoms with Crippen molar-refractivity contribution in [2.45, 2.75) is 13.5 Å². The molecular weight excluding hydrogens is 284 g/mol. The second-order valence-electron chi connectivity index (χ2n) is 4.50. The summed E-state index contributed by atoms with van der Waals surface area (Å²) in [5.74, 6) is 0.733. The highest BCUT2D eigenvalue weighted by molar-refractivity contribution is 5.94. The van der Waals surface area contributed by atoms with Gasteiger partial charge >= 0.3 is 0 Å². The van der Waals surface area contributed by atoms with Gasteiger partial charge in [-0.05, 0) is 31.2 Å². The van der Waals surface area contributed by atoms with Crippen LogP contribution < -0.4 is 15.4 Å². The van der Waals surface area contributed by atoms with Gasteiger partial charge in [-0.25, -0.2) is 0 Å². The summed E-state index contributed by atoms with van der Waals surface area (Å²) in [4.78, 5) is 23.1. The van der Waals surface area contributed by atoms with Crippen LogP contribution in [0.15, 0.2) is 46.9 Å². The smallest absolute Gasteiger partial charge is 0.287 e. The third-order valence-corrected chi connectivity index (χ3v) is 2.79. The minimum absolute atomic E-state index is 0.0801. The molecule has 22 heavy (non-hydrogen) atoms. The average molecular weight is 302 g/mol. The predicted octanol–water partition coefficient (Wildman–Crippen LogP) is 1.72. The molecule has 1 aromatic heterocycles. The van der Waals surface area contributed by atoms with Crippen LogP contribution in [0.4, 0.5) is 0 Å². The van der Waals surface area contributed by atoms with Gasteiger partial charge in [-0.3, -0.25) is 9.59 Å². The van der Waals surface area contributed by atoms with E-state index in [1.54, 1.807) is 12.1 Å². The summed E-state index contributed by atoms with van der Waals surface area (Å²) in [6.07, 6.45) is 0. The van der Waals surface area contributed by atoms with Crippen LogP contribution in [0.5, 0.6) is 5.75 Å². The van der Waals surface area contributed by atoms with Gasteiger partial charge in [0.15, 0.2) is 5.76 Å². The lowest BCUT2D eigenvalue weighted by atomic mass is 10.3. The first-order valence-electron chi connectivity index (χ1n) is 7.00. The third-order valence-electron chi connectivity index (χ3n) is 2.79. The summed E-state index contributed by atoms with van der Waals surface area (Å²) in [6.45, 7) is 2.48. The van der Waals surface area contributed by atoms with E-state index in [-0.39, 0.29) is 24.8 Å². The van der Waals surface area contributed by atoms with Gasteiger partial charge in [-0.15, -0.1) is 0 Å². The largest absolute Gasteiger partial charge is 0.486 e. The molecule has 0 fully saturated rings. The van der Waals surface area contributed by atoms with Crippen molar-refractivity contribution in [3.05, 3.63) is 54.0 Å². The van der Waals surface area contributed by atoms with Crippen LogP contribution in [-0.4, -0.2) is 24.9 Å². The number of furan rings is 1. The standard InChI is InChI=1S/C16H18N2O4/c1-2-17-15(19)10-18-16(20)14-9-8-13(22-14)11-21-12-6-4-3-5-7-12/h3-9H,2,10-11H2,1H3,(H,17,19)(H,18,20). The highest BCUT2D eigenvalue weighted by Crippen LogP contribution is 2.13. The van der Waals surface area contributed by atoms with Crippen LogP contribution in [0, 0.1) is 0 Å². The van der Waals surface area contributed by atoms with E-state index in [9.17, 15) is 9.59 Å². The molecule has 2 rings (SSSR count). The number of para-hydroxylation sites is 1. The summed E-state index contributed by atoms with van der Waals surface area (Å²) in [5, 5.41) is 5.08. The Morgan fingerprint density at radius 1 is 1.09 bits per heavy atom. The topological polar surface area (TPSA) is 80.6 Å². The lowest BCUT2D eigenvalue weighted by Crippen LogP contribution is -2.36. The zero-order valence-corrected chi connectivity index (χ0v) is 12.3. The van der Waals surface area contributed by atoms with E-state index >= 15 is 0 Å². The summed E-state index contributed by atoms with van der Waals surface area (Å²) >= 11 is 0. The van der Waals surface area contributed by atoms with Gasteiger partial charge in [0.1, 0.15) is 18.1 Å². The summed E-state index contributed by atoms with van der Waals surface area (Å²) in [7, 11) is 0. The van der Waals surface area contributed by atoms with Gasteiger partial charge in [0.2, 0.25) is 5.91 Å². The van der Waals surface area contributed by atoms with Crippen molar-refractivity contribution in [1.82, 2.24) is 10.6 Å². The van der Waals surface area contributed by atoms with Gasteiger partial charge in [0.05, 0.1) is 6.54 Å². The molecule has 0 atom stereocenters. The van der Waals surface area contributed by atoms with E-state index in [0.717, 1.165) is 5.75 Å². The predicted molar refractivity (Wildman–Crippen MR) is 80.5 cm³/mol. The summed E-state index contributed by atoms with van der Waals surface area (Å²) in [5.41, 5.74) is 0. The van der Waals surface area contributed by atoms with Crippen molar-refractivity contribution in [2.75, 3.05) is 13.1 Å². The van der Waals surface area contributed by atoms with Gasteiger partial charge in [-0.1, -0.05) is 18.2 Å². The normalized spacial score (nSPS) is 10.0. The van der Waals surface area contributed by atoms with Crippen LogP contribution in [0.3, 0.4) is 0 Å². The van der Waals surface area contributed by atoms with Gasteiger partial charge < -0.3 is 19.8 Å². The number of hydrogen-bond acceptors (Lipinski definition) is 4. The minimum atomic E-state index is -0.433. The van der Waals surface area contributed by atoms with Gasteiger partial charge in [-0.2, -0.15) is 0 Å². The number of amides is 2. The van der Waals surface area contributed by atoms with Crippen LogP contribution in [0.2, 0.25) is 0 Å². The molecule has 116 valence electrons. The van der Waals surface area contributed by atoms with Crippen LogP contribution in [-0.2, 0) is 11.4 Å². The van der Waals surface area contributed by atoms with E-state index in [0.29, 0.717) is 12.3 Å². The third kappa shape index (κ3) is 4.66. The molecule has 6 nitrogen and oxygen atoms in total. The van der Waals surface area contributed by atoms with E-state index in [1.807, 2.05) is 37.3 Å². The van der Waals surface area contributed by atoms with Crippen LogP contribution in [0.25, 0.3) is 0 Å². The molecule has 2 aromatic rings. The zero-order valence-electron chi connectivity index (χ0n) is 12.3. The SMILES string of the molecule is CCNC(=O)CNC(=O)c1ccc(COc2ccccc2)o1. The second-order valence-corrected chi connectivity index (χ2v) is 4.50. The lowest BCUT2D eigenvalue weighted by molar-refractivity contribution is -0.120. The minimum Gasteiger partial charge on any atom is -0.486 e. The van der Waals surface area contributed by atoms with E-state index < -0.39 is 5.91 Å². The molecule has 0 saturated carbocycles. The quantitative estimate of drug-likeness (QED) is 0.816. The van der Waals surface area contributed by atoms with Crippen LogP contribution in [0.1, 0.15) is 23.2 Å². The average Bonchev–Trinajstić information content (AvgIpc) is 3.01. The van der Waals surface area contributed by atoms with Crippen molar-refractivity contribution >= 4 is 11.8 Å². The fourth-order valence-corrected chi connectivity index (χ4v) is 1.76. The maximum Gasteiger partial charge on any atom is 0.287 e. The fraction of sp³-hybridized carbons (Fsp3) is 0.250. The van der Waals surface area contributed by atoms with Crippen molar-refractivity contribution < 1.29 is 18.7 Å². The molecule has 1 aromatic carbocycles. The zero-order chi connectivity index (χ0) is 15.8. The number of benzene rings is 1. The first-order valence-corrected chi connectivity index (χ1v) is 7.00. The first kappa shape index (κ1) is 15.6. The molecule has 0 aliphatic rings. The molecule has 1 heterocycles. The Morgan fingerprint density at radius 2 is 1.86 bits per heavy atom. The number of nitrogens with one attached hydrogen (secondary N) is 2. The number of carbonyl (C=O) groups is 2. The number of rotatable bonds is 7. The number of hydrogen-bond donors (Lipinski definition) is 2. The molecule has 0 saturated heterocycles. The molecule has 2 N–H and O–H groups in total. The number of ether oxygens (including phenoxy) is 1. The molecule has 0 bridgehead atoms. The number of likely N-dealkylation sites (N-methyl/N-ethyl adjacent to an activating group) is 1. The monoisotopic (exact) mass is 302 g/mol. The van der Waals surface area contributed by atoms with Gasteiger partial charge in [0, 0.05) is 6.54 Å². The van der Waals surface area contributed by atoms with Crippen molar-refractivity contribution in [3.63, 3.8) is 0 Å². The highest BCUT2D eigenvalue weighted by atomic mass is 16.5. The van der Waals surface area contributed by atoms with Crippen molar-refractivity contribution in [1.29, 1.82) is 0 Å². The maximum atomic E-state index is 11.8. The van der Waals surface area contributed by atoms with Crippen molar-refractivity contribution in [3.8, 4) is 5.75 Å². The van der Waals surface area contributed by atoms with Crippen LogP contribution >= 0.6 is 0 Å². The van der Waals surface area contributed by atoms with Crippen molar-refractivity contribution in [2.24, 2.45) is 0 Å². The highest BCUT2D eigenvalue weighted by Gasteiger charge is 2.12. The second kappa shape index (κ2) is 7.87. The molecule has 6 heteroatoms. The molecule has 2 amide bonds. The van der Waals surface area contributed by atoms with E-state index in [4.69, 9.17) is 9.15 Å². The Labute approximate surface area is 128 Å². The Balaban J connectivity index is 1.83. The Bertz CT molecular complexity index is 622. The Morgan fingerprint density at radius 3 is 2.59 bits per heavy atom. The first-order chi connectivity index (χ1) is 10.7. The molecular formula is C16H18N2O4. The van der Waals surface area contributed by atoms with E-state index in [2.05, 4.69) is 10.6 Å². The van der Waals surface area contributed by atoms with E-state index in [1.165, 1.54) is 0 Å². The Kier molecular flexibility index (Phi) is 5.59. The number of carbonyl (C=O) groups excluding carboxylic acids is 2. The maximum absolute atomic E-state index is 11.8.